The van der Waals surface area contributed by atoms with E-state index >= 15 is 0 Å². The van der Waals surface area contributed by atoms with Crippen LogP contribution in [0.3, 0.4) is 0 Å². The average molecular weight is 313 g/mol. The second-order valence-electron chi connectivity index (χ2n) is 5.45. The minimum atomic E-state index is -0.262. The Kier molecular flexibility index (Phi) is 6.63. The average Bonchev–Trinajstić information content (AvgIpc) is 2.60. The third-order valence-corrected chi connectivity index (χ3v) is 3.72. The summed E-state index contributed by atoms with van der Waals surface area (Å²) >= 11 is 0. The first-order chi connectivity index (χ1) is 11.2. The number of methoxy groups -OCH3 is 1. The predicted molar refractivity (Wildman–Crippen MR) is 90.5 cm³/mol. The summed E-state index contributed by atoms with van der Waals surface area (Å²) in [4.78, 5) is 12.1. The number of rotatable bonds is 8. The number of amides is 1. The molecule has 0 aliphatic heterocycles. The number of nitrogens with one attached hydrogen (secondary N) is 1. The molecule has 0 spiro atoms. The molecule has 1 atom stereocenters. The molecule has 4 nitrogen and oxygen atoms in total. The van der Waals surface area contributed by atoms with Crippen molar-refractivity contribution in [2.45, 2.75) is 25.3 Å². The van der Waals surface area contributed by atoms with E-state index in [0.29, 0.717) is 19.3 Å². The number of carbonyl (C=O) groups is 1. The molecule has 2 aromatic carbocycles. The van der Waals surface area contributed by atoms with Gasteiger partial charge in [0.05, 0.1) is 19.8 Å². The molecule has 0 radical (unpaired) electrons. The van der Waals surface area contributed by atoms with Crippen molar-refractivity contribution in [1.82, 2.24) is 5.32 Å². The summed E-state index contributed by atoms with van der Waals surface area (Å²) in [6, 6.07) is 17.3. The van der Waals surface area contributed by atoms with E-state index in [2.05, 4.69) is 5.32 Å². The molecule has 1 amide bonds. The molecule has 2 aromatic rings. The van der Waals surface area contributed by atoms with Crippen LogP contribution in [0.5, 0.6) is 5.75 Å². The summed E-state index contributed by atoms with van der Waals surface area (Å²) in [5, 5.41) is 12.4. The SMILES string of the molecule is COc1ccccc1CCC(=O)NC(CO)Cc1ccccc1. The molecule has 0 saturated heterocycles. The number of ether oxygens (including phenoxy) is 1. The van der Waals surface area contributed by atoms with Crippen molar-refractivity contribution in [1.29, 1.82) is 0 Å². The van der Waals surface area contributed by atoms with Gasteiger partial charge in [0, 0.05) is 6.42 Å². The quantitative estimate of drug-likeness (QED) is 0.786. The number of hydrogen-bond acceptors (Lipinski definition) is 3. The molecule has 0 aliphatic carbocycles. The molecule has 0 aliphatic rings. The standard InChI is InChI=1S/C19H23NO3/c1-23-18-10-6-5-9-16(18)11-12-19(22)20-17(14-21)13-15-7-3-2-4-8-15/h2-10,17,21H,11-14H2,1H3,(H,20,22). The number of carbonyl (C=O) groups excluding carboxylic acids is 1. The van der Waals surface area contributed by atoms with Gasteiger partial charge in [-0.3, -0.25) is 4.79 Å². The first-order valence-corrected chi connectivity index (χ1v) is 7.79. The van der Waals surface area contributed by atoms with E-state index < -0.39 is 0 Å². The number of hydrogen-bond donors (Lipinski definition) is 2. The van der Waals surface area contributed by atoms with Crippen LogP contribution in [0.1, 0.15) is 17.5 Å². The van der Waals surface area contributed by atoms with Crippen LogP contribution < -0.4 is 10.1 Å². The zero-order chi connectivity index (χ0) is 16.5. The maximum absolute atomic E-state index is 12.1. The highest BCUT2D eigenvalue weighted by Crippen LogP contribution is 2.18. The summed E-state index contributed by atoms with van der Waals surface area (Å²) < 4.78 is 5.29. The molecule has 1 unspecified atom stereocenters. The first-order valence-electron chi connectivity index (χ1n) is 7.79. The first kappa shape index (κ1) is 17.0. The minimum absolute atomic E-state index is 0.0640. The van der Waals surface area contributed by atoms with Crippen LogP contribution in [-0.2, 0) is 17.6 Å². The second kappa shape index (κ2) is 8.96. The van der Waals surface area contributed by atoms with E-state index in [1.54, 1.807) is 7.11 Å². The highest BCUT2D eigenvalue weighted by atomic mass is 16.5. The Morgan fingerprint density at radius 1 is 1.13 bits per heavy atom. The van der Waals surface area contributed by atoms with Gasteiger partial charge < -0.3 is 15.2 Å². The minimum Gasteiger partial charge on any atom is -0.496 e. The van der Waals surface area contributed by atoms with E-state index in [1.807, 2.05) is 54.6 Å². The molecule has 4 heteroatoms. The lowest BCUT2D eigenvalue weighted by Gasteiger charge is -2.16. The van der Waals surface area contributed by atoms with Gasteiger partial charge in [-0.2, -0.15) is 0 Å². The Labute approximate surface area is 137 Å². The van der Waals surface area contributed by atoms with Gasteiger partial charge in [0.25, 0.3) is 0 Å². The number of aryl methyl sites for hydroxylation is 1. The Balaban J connectivity index is 1.85. The van der Waals surface area contributed by atoms with Crippen molar-refractivity contribution in [3.8, 4) is 5.75 Å². The monoisotopic (exact) mass is 313 g/mol. The lowest BCUT2D eigenvalue weighted by atomic mass is 10.1. The maximum Gasteiger partial charge on any atom is 0.220 e. The van der Waals surface area contributed by atoms with Crippen LogP contribution in [0, 0.1) is 0 Å². The number of aliphatic hydroxyl groups is 1. The molecule has 0 saturated carbocycles. The fourth-order valence-corrected chi connectivity index (χ4v) is 2.52. The third kappa shape index (κ3) is 5.42. The topological polar surface area (TPSA) is 58.6 Å². The zero-order valence-corrected chi connectivity index (χ0v) is 13.4. The summed E-state index contributed by atoms with van der Waals surface area (Å²) in [6.07, 6.45) is 1.60. The Morgan fingerprint density at radius 3 is 2.52 bits per heavy atom. The smallest absolute Gasteiger partial charge is 0.220 e. The molecule has 0 fully saturated rings. The van der Waals surface area contributed by atoms with Gasteiger partial charge in [-0.15, -0.1) is 0 Å². The fraction of sp³-hybridized carbons (Fsp3) is 0.316. The van der Waals surface area contributed by atoms with E-state index in [-0.39, 0.29) is 18.6 Å². The molecule has 0 heterocycles. The summed E-state index contributed by atoms with van der Waals surface area (Å²) in [6.45, 7) is -0.0741. The molecule has 2 N–H and O–H groups in total. The van der Waals surface area contributed by atoms with Gasteiger partial charge in [-0.25, -0.2) is 0 Å². The lowest BCUT2D eigenvalue weighted by molar-refractivity contribution is -0.122. The molecular weight excluding hydrogens is 290 g/mol. The third-order valence-electron chi connectivity index (χ3n) is 3.72. The van der Waals surface area contributed by atoms with Gasteiger partial charge in [-0.1, -0.05) is 48.5 Å². The molecule has 0 aromatic heterocycles. The summed E-state index contributed by atoms with van der Waals surface area (Å²) in [7, 11) is 1.63. The number of para-hydroxylation sites is 1. The Hall–Kier alpha value is -2.33. The van der Waals surface area contributed by atoms with E-state index in [9.17, 15) is 9.90 Å². The normalized spacial score (nSPS) is 11.7. The highest BCUT2D eigenvalue weighted by molar-refractivity contribution is 5.76. The van der Waals surface area contributed by atoms with Crippen LogP contribution in [0.2, 0.25) is 0 Å². The van der Waals surface area contributed by atoms with E-state index in [1.165, 1.54) is 0 Å². The van der Waals surface area contributed by atoms with Crippen molar-refractivity contribution in [3.05, 3.63) is 65.7 Å². The Bertz CT molecular complexity index is 613. The largest absolute Gasteiger partial charge is 0.496 e. The lowest BCUT2D eigenvalue weighted by Crippen LogP contribution is -2.39. The number of aliphatic hydroxyl groups excluding tert-OH is 1. The summed E-state index contributed by atoms with van der Waals surface area (Å²) in [5.41, 5.74) is 2.10. The van der Waals surface area contributed by atoms with Crippen LogP contribution >= 0.6 is 0 Å². The molecular formula is C19H23NO3. The van der Waals surface area contributed by atoms with Crippen molar-refractivity contribution < 1.29 is 14.6 Å². The van der Waals surface area contributed by atoms with Crippen molar-refractivity contribution >= 4 is 5.91 Å². The van der Waals surface area contributed by atoms with Gasteiger partial charge in [0.1, 0.15) is 5.75 Å². The maximum atomic E-state index is 12.1. The van der Waals surface area contributed by atoms with E-state index in [4.69, 9.17) is 4.74 Å². The zero-order valence-electron chi connectivity index (χ0n) is 13.4. The molecule has 2 rings (SSSR count). The van der Waals surface area contributed by atoms with E-state index in [0.717, 1.165) is 16.9 Å². The van der Waals surface area contributed by atoms with Crippen molar-refractivity contribution in [2.75, 3.05) is 13.7 Å². The van der Waals surface area contributed by atoms with Crippen LogP contribution in [0.4, 0.5) is 0 Å². The van der Waals surface area contributed by atoms with Crippen LogP contribution in [-0.4, -0.2) is 30.8 Å². The van der Waals surface area contributed by atoms with Gasteiger partial charge in [0.2, 0.25) is 5.91 Å². The van der Waals surface area contributed by atoms with Gasteiger partial charge in [-0.05, 0) is 30.0 Å². The number of benzene rings is 2. The Morgan fingerprint density at radius 2 is 1.83 bits per heavy atom. The predicted octanol–water partition coefficient (Wildman–Crippen LogP) is 2.35. The van der Waals surface area contributed by atoms with Gasteiger partial charge in [0.15, 0.2) is 0 Å². The van der Waals surface area contributed by atoms with Crippen molar-refractivity contribution in [3.63, 3.8) is 0 Å². The molecule has 23 heavy (non-hydrogen) atoms. The molecule has 122 valence electrons. The summed E-state index contributed by atoms with van der Waals surface area (Å²) in [5.74, 6) is 0.731. The molecule has 0 bridgehead atoms. The van der Waals surface area contributed by atoms with Crippen molar-refractivity contribution in [2.24, 2.45) is 0 Å². The fourth-order valence-electron chi connectivity index (χ4n) is 2.52. The van der Waals surface area contributed by atoms with Crippen LogP contribution in [0.15, 0.2) is 54.6 Å². The second-order valence-corrected chi connectivity index (χ2v) is 5.45. The highest BCUT2D eigenvalue weighted by Gasteiger charge is 2.13. The van der Waals surface area contributed by atoms with Crippen LogP contribution in [0.25, 0.3) is 0 Å². The van der Waals surface area contributed by atoms with Gasteiger partial charge >= 0.3 is 0 Å².